The van der Waals surface area contributed by atoms with Crippen LogP contribution in [0.2, 0.25) is 0 Å². The highest BCUT2D eigenvalue weighted by Crippen LogP contribution is 2.29. The molecule has 6 nitrogen and oxygen atoms in total. The van der Waals surface area contributed by atoms with Crippen LogP contribution in [0.1, 0.15) is 37.0 Å². The number of anilines is 1. The lowest BCUT2D eigenvalue weighted by Crippen LogP contribution is -2.21. The van der Waals surface area contributed by atoms with Gasteiger partial charge in [0.1, 0.15) is 11.6 Å². The maximum absolute atomic E-state index is 13.5. The molecule has 1 N–H and O–H groups in total. The molecule has 0 aliphatic heterocycles. The normalized spacial score (nSPS) is 10.3. The fourth-order valence-electron chi connectivity index (χ4n) is 2.34. The number of hydrogen-bond acceptors (Lipinski definition) is 5. The fourth-order valence-corrected chi connectivity index (χ4v) is 2.34. The summed E-state index contributed by atoms with van der Waals surface area (Å²) < 4.78 is 42.8. The predicted molar refractivity (Wildman–Crippen MR) is 103 cm³/mol. The van der Waals surface area contributed by atoms with E-state index in [1.807, 2.05) is 6.92 Å². The molecule has 156 valence electrons. The summed E-state index contributed by atoms with van der Waals surface area (Å²) in [5.74, 6) is -2.16. The van der Waals surface area contributed by atoms with E-state index in [4.69, 9.17) is 14.2 Å². The molecule has 0 saturated carbocycles. The minimum atomic E-state index is -0.800. The standard InChI is InChI=1S/C21H23F2NO5/c1-3-5-10-28-18-9-6-14(11-19(18)27-4-2)21(26)29-13-20(25)24-17-12-15(22)7-8-16(17)23/h6-9,11-12H,3-5,10,13H2,1-2H3,(H,24,25). The van der Waals surface area contributed by atoms with Crippen LogP contribution in [0.5, 0.6) is 11.5 Å². The van der Waals surface area contributed by atoms with E-state index in [2.05, 4.69) is 5.32 Å². The molecule has 2 rings (SSSR count). The summed E-state index contributed by atoms with van der Waals surface area (Å²) in [6.07, 6.45) is 1.87. The molecule has 0 spiro atoms. The highest BCUT2D eigenvalue weighted by Gasteiger charge is 2.15. The molecular weight excluding hydrogens is 384 g/mol. The second-order valence-electron chi connectivity index (χ2n) is 6.05. The summed E-state index contributed by atoms with van der Waals surface area (Å²) in [6.45, 7) is 4.09. The Bertz CT molecular complexity index is 857. The van der Waals surface area contributed by atoms with Gasteiger partial charge in [-0.1, -0.05) is 13.3 Å². The van der Waals surface area contributed by atoms with Crippen LogP contribution in [0.3, 0.4) is 0 Å². The monoisotopic (exact) mass is 407 g/mol. The van der Waals surface area contributed by atoms with Gasteiger partial charge < -0.3 is 19.5 Å². The number of benzene rings is 2. The third kappa shape index (κ3) is 6.74. The number of halogens is 2. The summed E-state index contributed by atoms with van der Waals surface area (Å²) in [5, 5.41) is 2.15. The molecule has 8 heteroatoms. The van der Waals surface area contributed by atoms with Gasteiger partial charge in [-0.05, 0) is 43.7 Å². The Kier molecular flexibility index (Phi) is 8.39. The largest absolute Gasteiger partial charge is 0.490 e. The van der Waals surface area contributed by atoms with E-state index >= 15 is 0 Å². The number of esters is 1. The molecule has 0 fully saturated rings. The van der Waals surface area contributed by atoms with E-state index in [9.17, 15) is 18.4 Å². The molecule has 0 radical (unpaired) electrons. The van der Waals surface area contributed by atoms with Crippen LogP contribution in [0, 0.1) is 11.6 Å². The molecule has 0 bridgehead atoms. The summed E-state index contributed by atoms with van der Waals surface area (Å²) >= 11 is 0. The number of amides is 1. The Morgan fingerprint density at radius 2 is 1.79 bits per heavy atom. The summed E-state index contributed by atoms with van der Waals surface area (Å²) in [6, 6.07) is 7.21. The van der Waals surface area contributed by atoms with E-state index < -0.39 is 30.1 Å². The van der Waals surface area contributed by atoms with Crippen molar-refractivity contribution in [1.29, 1.82) is 0 Å². The molecule has 2 aromatic carbocycles. The second kappa shape index (κ2) is 11.0. The second-order valence-corrected chi connectivity index (χ2v) is 6.05. The molecule has 2 aromatic rings. The average Bonchev–Trinajstić information content (AvgIpc) is 2.70. The first kappa shape index (κ1) is 22.1. The van der Waals surface area contributed by atoms with Gasteiger partial charge in [-0.2, -0.15) is 0 Å². The number of carbonyl (C=O) groups is 2. The average molecular weight is 407 g/mol. The van der Waals surface area contributed by atoms with E-state index in [1.54, 1.807) is 13.0 Å². The van der Waals surface area contributed by atoms with Crippen molar-refractivity contribution in [2.75, 3.05) is 25.1 Å². The quantitative estimate of drug-likeness (QED) is 0.469. The molecule has 1 amide bonds. The molecule has 29 heavy (non-hydrogen) atoms. The number of nitrogens with one attached hydrogen (secondary N) is 1. The van der Waals surface area contributed by atoms with Gasteiger partial charge in [0.25, 0.3) is 5.91 Å². The Morgan fingerprint density at radius 3 is 2.52 bits per heavy atom. The Hall–Kier alpha value is -3.16. The SMILES string of the molecule is CCCCOc1ccc(C(=O)OCC(=O)Nc2cc(F)ccc2F)cc1OCC. The molecule has 0 atom stereocenters. The van der Waals surface area contributed by atoms with Crippen molar-refractivity contribution in [1.82, 2.24) is 0 Å². The lowest BCUT2D eigenvalue weighted by molar-refractivity contribution is -0.119. The van der Waals surface area contributed by atoms with Crippen LogP contribution in [0.15, 0.2) is 36.4 Å². The number of rotatable bonds is 10. The third-order valence-electron chi connectivity index (χ3n) is 3.77. The van der Waals surface area contributed by atoms with Crippen LogP contribution >= 0.6 is 0 Å². The minimum absolute atomic E-state index is 0.168. The maximum atomic E-state index is 13.5. The van der Waals surface area contributed by atoms with Gasteiger partial charge in [0.15, 0.2) is 18.1 Å². The van der Waals surface area contributed by atoms with Crippen molar-refractivity contribution in [3.63, 3.8) is 0 Å². The van der Waals surface area contributed by atoms with Crippen molar-refractivity contribution in [2.45, 2.75) is 26.7 Å². The van der Waals surface area contributed by atoms with Crippen LogP contribution in [0.25, 0.3) is 0 Å². The Balaban J connectivity index is 1.97. The van der Waals surface area contributed by atoms with Crippen LogP contribution < -0.4 is 14.8 Å². The van der Waals surface area contributed by atoms with E-state index in [-0.39, 0.29) is 11.3 Å². The smallest absolute Gasteiger partial charge is 0.338 e. The number of unbranched alkanes of at least 4 members (excludes halogenated alkanes) is 1. The highest BCUT2D eigenvalue weighted by atomic mass is 19.1. The van der Waals surface area contributed by atoms with Gasteiger partial charge in [0.2, 0.25) is 0 Å². The maximum Gasteiger partial charge on any atom is 0.338 e. The Labute approximate surface area is 167 Å². The molecule has 0 aromatic heterocycles. The van der Waals surface area contributed by atoms with Gasteiger partial charge in [-0.15, -0.1) is 0 Å². The zero-order valence-corrected chi connectivity index (χ0v) is 16.3. The summed E-state index contributed by atoms with van der Waals surface area (Å²) in [4.78, 5) is 24.1. The molecular formula is C21H23F2NO5. The molecule has 0 aliphatic rings. The lowest BCUT2D eigenvalue weighted by atomic mass is 10.2. The number of hydrogen-bond donors (Lipinski definition) is 1. The fraction of sp³-hybridized carbons (Fsp3) is 0.333. The molecule has 0 aliphatic carbocycles. The number of carbonyl (C=O) groups excluding carboxylic acids is 2. The summed E-state index contributed by atoms with van der Waals surface area (Å²) in [7, 11) is 0. The Morgan fingerprint density at radius 1 is 1.00 bits per heavy atom. The van der Waals surface area contributed by atoms with Crippen molar-refractivity contribution in [2.24, 2.45) is 0 Å². The lowest BCUT2D eigenvalue weighted by Gasteiger charge is -2.13. The van der Waals surface area contributed by atoms with Gasteiger partial charge in [0, 0.05) is 6.07 Å². The molecule has 0 unspecified atom stereocenters. The minimum Gasteiger partial charge on any atom is -0.490 e. The van der Waals surface area contributed by atoms with Crippen LogP contribution in [-0.4, -0.2) is 31.7 Å². The zero-order chi connectivity index (χ0) is 21.2. The van der Waals surface area contributed by atoms with Crippen molar-refractivity contribution in [3.8, 4) is 11.5 Å². The molecule has 0 saturated heterocycles. The van der Waals surface area contributed by atoms with E-state index in [1.165, 1.54) is 12.1 Å². The highest BCUT2D eigenvalue weighted by molar-refractivity contribution is 5.95. The van der Waals surface area contributed by atoms with Gasteiger partial charge >= 0.3 is 5.97 Å². The topological polar surface area (TPSA) is 73.9 Å². The third-order valence-corrected chi connectivity index (χ3v) is 3.77. The van der Waals surface area contributed by atoms with Crippen molar-refractivity contribution >= 4 is 17.6 Å². The van der Waals surface area contributed by atoms with Gasteiger partial charge in [-0.25, -0.2) is 13.6 Å². The van der Waals surface area contributed by atoms with Gasteiger partial charge in [0.05, 0.1) is 24.5 Å². The first-order chi connectivity index (χ1) is 13.9. The first-order valence-corrected chi connectivity index (χ1v) is 9.26. The van der Waals surface area contributed by atoms with E-state index in [0.29, 0.717) is 24.7 Å². The van der Waals surface area contributed by atoms with Crippen molar-refractivity contribution < 1.29 is 32.6 Å². The van der Waals surface area contributed by atoms with Crippen LogP contribution in [0.4, 0.5) is 14.5 Å². The zero-order valence-electron chi connectivity index (χ0n) is 16.3. The van der Waals surface area contributed by atoms with Crippen molar-refractivity contribution in [3.05, 3.63) is 53.6 Å². The number of ether oxygens (including phenoxy) is 3. The van der Waals surface area contributed by atoms with Crippen LogP contribution in [-0.2, 0) is 9.53 Å². The van der Waals surface area contributed by atoms with Gasteiger partial charge in [-0.3, -0.25) is 4.79 Å². The summed E-state index contributed by atoms with van der Waals surface area (Å²) in [5.41, 5.74) is -0.167. The predicted octanol–water partition coefficient (Wildman–Crippen LogP) is 4.34. The molecule has 0 heterocycles. The first-order valence-electron chi connectivity index (χ1n) is 9.26. The van der Waals surface area contributed by atoms with E-state index in [0.717, 1.165) is 31.0 Å².